The van der Waals surface area contributed by atoms with Crippen LogP contribution in [0.25, 0.3) is 0 Å². The summed E-state index contributed by atoms with van der Waals surface area (Å²) in [4.78, 5) is 2.56. The molecule has 2 aliphatic rings. The maximum atomic E-state index is 13.1. The van der Waals surface area contributed by atoms with Crippen molar-refractivity contribution in [1.82, 2.24) is 10.2 Å². The van der Waals surface area contributed by atoms with E-state index < -0.39 is 0 Å². The van der Waals surface area contributed by atoms with E-state index in [-0.39, 0.29) is 5.82 Å². The zero-order valence-electron chi connectivity index (χ0n) is 11.6. The molecule has 0 spiro atoms. The predicted octanol–water partition coefficient (Wildman–Crippen LogP) is 2.58. The average Bonchev–Trinajstić information content (AvgIpc) is 2.63. The van der Waals surface area contributed by atoms with E-state index in [1.165, 1.54) is 31.7 Å². The van der Waals surface area contributed by atoms with Crippen molar-refractivity contribution in [2.75, 3.05) is 13.6 Å². The van der Waals surface area contributed by atoms with Gasteiger partial charge in [0.05, 0.1) is 0 Å². The lowest BCUT2D eigenvalue weighted by atomic mass is 9.98. The monoisotopic (exact) mass is 262 g/mol. The van der Waals surface area contributed by atoms with Crippen molar-refractivity contribution in [3.63, 3.8) is 0 Å². The summed E-state index contributed by atoms with van der Waals surface area (Å²) in [5.74, 6) is -0.130. The van der Waals surface area contributed by atoms with Gasteiger partial charge in [-0.05, 0) is 63.4 Å². The molecule has 0 radical (unpaired) electrons. The number of piperidine rings is 1. The van der Waals surface area contributed by atoms with Crippen molar-refractivity contribution in [2.24, 2.45) is 0 Å². The summed E-state index contributed by atoms with van der Waals surface area (Å²) in [5, 5.41) is 3.66. The van der Waals surface area contributed by atoms with Gasteiger partial charge in [0.2, 0.25) is 0 Å². The highest BCUT2D eigenvalue weighted by molar-refractivity contribution is 5.16. The van der Waals surface area contributed by atoms with Crippen molar-refractivity contribution < 1.29 is 4.39 Å². The molecular weight excluding hydrogens is 239 g/mol. The fourth-order valence-corrected chi connectivity index (χ4v) is 3.69. The summed E-state index contributed by atoms with van der Waals surface area (Å²) in [5.41, 5.74) is 1.09. The SMILES string of the molecule is CN1C2CCC1CC(NCCc1cccc(F)c1)C2. The standard InChI is InChI=1S/C16H23FN2/c1-19-15-5-6-16(19)11-14(10-15)18-8-7-12-3-2-4-13(17)9-12/h2-4,9,14-16,18H,5-8,10-11H2,1H3. The first-order chi connectivity index (χ1) is 9.22. The minimum absolute atomic E-state index is 0.130. The highest BCUT2D eigenvalue weighted by Crippen LogP contribution is 2.34. The fraction of sp³-hybridized carbons (Fsp3) is 0.625. The van der Waals surface area contributed by atoms with E-state index in [1.54, 1.807) is 12.1 Å². The topological polar surface area (TPSA) is 15.3 Å². The molecule has 2 heterocycles. The Balaban J connectivity index is 1.46. The summed E-state index contributed by atoms with van der Waals surface area (Å²) >= 11 is 0. The van der Waals surface area contributed by atoms with E-state index in [0.29, 0.717) is 6.04 Å². The van der Waals surface area contributed by atoms with Crippen LogP contribution < -0.4 is 5.32 Å². The van der Waals surface area contributed by atoms with Crippen LogP contribution in [0, 0.1) is 5.82 Å². The maximum absolute atomic E-state index is 13.1. The predicted molar refractivity (Wildman–Crippen MR) is 75.7 cm³/mol. The van der Waals surface area contributed by atoms with Crippen LogP contribution in [0.1, 0.15) is 31.2 Å². The zero-order chi connectivity index (χ0) is 13.2. The molecule has 19 heavy (non-hydrogen) atoms. The Bertz CT molecular complexity index is 421. The molecule has 0 saturated carbocycles. The van der Waals surface area contributed by atoms with Gasteiger partial charge in [0, 0.05) is 18.1 Å². The molecule has 2 aliphatic heterocycles. The minimum atomic E-state index is -0.130. The van der Waals surface area contributed by atoms with Crippen LogP contribution in [0.5, 0.6) is 0 Å². The van der Waals surface area contributed by atoms with E-state index in [4.69, 9.17) is 0 Å². The first-order valence-electron chi connectivity index (χ1n) is 7.42. The number of rotatable bonds is 4. The zero-order valence-corrected chi connectivity index (χ0v) is 11.6. The van der Waals surface area contributed by atoms with Crippen LogP contribution in [0.15, 0.2) is 24.3 Å². The molecule has 2 unspecified atom stereocenters. The van der Waals surface area contributed by atoms with Gasteiger partial charge in [-0.25, -0.2) is 4.39 Å². The Morgan fingerprint density at radius 2 is 2.00 bits per heavy atom. The summed E-state index contributed by atoms with van der Waals surface area (Å²) in [6.45, 7) is 0.956. The minimum Gasteiger partial charge on any atom is -0.314 e. The molecular formula is C16H23FN2. The van der Waals surface area contributed by atoms with Crippen LogP contribution in [0.2, 0.25) is 0 Å². The van der Waals surface area contributed by atoms with Crippen LogP contribution in [-0.2, 0) is 6.42 Å². The molecule has 0 aliphatic carbocycles. The highest BCUT2D eigenvalue weighted by Gasteiger charge is 2.37. The van der Waals surface area contributed by atoms with E-state index in [0.717, 1.165) is 30.6 Å². The number of nitrogens with zero attached hydrogens (tertiary/aromatic N) is 1. The lowest BCUT2D eigenvalue weighted by molar-refractivity contribution is 0.149. The fourth-order valence-electron chi connectivity index (χ4n) is 3.69. The van der Waals surface area contributed by atoms with E-state index in [2.05, 4.69) is 17.3 Å². The van der Waals surface area contributed by atoms with Crippen molar-refractivity contribution in [3.05, 3.63) is 35.6 Å². The molecule has 1 aromatic rings. The smallest absolute Gasteiger partial charge is 0.123 e. The number of hydrogen-bond acceptors (Lipinski definition) is 2. The molecule has 2 atom stereocenters. The molecule has 3 rings (SSSR count). The lowest BCUT2D eigenvalue weighted by Gasteiger charge is -2.36. The Kier molecular flexibility index (Phi) is 3.85. The van der Waals surface area contributed by atoms with Crippen molar-refractivity contribution in [3.8, 4) is 0 Å². The van der Waals surface area contributed by atoms with Gasteiger partial charge in [0.15, 0.2) is 0 Å². The summed E-state index contributed by atoms with van der Waals surface area (Å²) in [6, 6.07) is 9.16. The molecule has 2 saturated heterocycles. The molecule has 0 aromatic heterocycles. The van der Waals surface area contributed by atoms with Gasteiger partial charge in [-0.15, -0.1) is 0 Å². The molecule has 1 N–H and O–H groups in total. The van der Waals surface area contributed by atoms with E-state index in [9.17, 15) is 4.39 Å². The molecule has 104 valence electrons. The summed E-state index contributed by atoms with van der Waals surface area (Å²) < 4.78 is 13.1. The van der Waals surface area contributed by atoms with Crippen LogP contribution in [0.4, 0.5) is 4.39 Å². The number of halogens is 1. The third kappa shape index (κ3) is 2.98. The normalized spacial score (nSPS) is 30.7. The summed E-state index contributed by atoms with van der Waals surface area (Å²) in [6.07, 6.45) is 6.19. The highest BCUT2D eigenvalue weighted by atomic mass is 19.1. The third-order valence-corrected chi connectivity index (χ3v) is 4.83. The van der Waals surface area contributed by atoms with Gasteiger partial charge < -0.3 is 10.2 Å². The Labute approximate surface area is 115 Å². The first-order valence-corrected chi connectivity index (χ1v) is 7.42. The van der Waals surface area contributed by atoms with Crippen molar-refractivity contribution >= 4 is 0 Å². The number of fused-ring (bicyclic) bond motifs is 2. The van der Waals surface area contributed by atoms with Gasteiger partial charge in [0.1, 0.15) is 5.82 Å². The van der Waals surface area contributed by atoms with Crippen LogP contribution in [0.3, 0.4) is 0 Å². The molecule has 2 nitrogen and oxygen atoms in total. The van der Waals surface area contributed by atoms with Gasteiger partial charge in [0.25, 0.3) is 0 Å². The first kappa shape index (κ1) is 13.1. The lowest BCUT2D eigenvalue weighted by Crippen LogP contribution is -2.47. The number of nitrogens with one attached hydrogen (secondary N) is 1. The molecule has 2 bridgehead atoms. The van der Waals surface area contributed by atoms with Gasteiger partial charge >= 0.3 is 0 Å². The van der Waals surface area contributed by atoms with Crippen LogP contribution in [-0.4, -0.2) is 36.6 Å². The third-order valence-electron chi connectivity index (χ3n) is 4.83. The molecule has 2 fully saturated rings. The van der Waals surface area contributed by atoms with Gasteiger partial charge in [-0.3, -0.25) is 0 Å². The molecule has 0 amide bonds. The van der Waals surface area contributed by atoms with E-state index in [1.807, 2.05) is 6.07 Å². The van der Waals surface area contributed by atoms with E-state index >= 15 is 0 Å². The molecule has 1 aromatic carbocycles. The second-order valence-electron chi connectivity index (χ2n) is 6.05. The van der Waals surface area contributed by atoms with Crippen molar-refractivity contribution in [1.29, 1.82) is 0 Å². The second kappa shape index (κ2) is 5.59. The largest absolute Gasteiger partial charge is 0.314 e. The number of benzene rings is 1. The second-order valence-corrected chi connectivity index (χ2v) is 6.05. The maximum Gasteiger partial charge on any atom is 0.123 e. The van der Waals surface area contributed by atoms with Crippen LogP contribution >= 0.6 is 0 Å². The Morgan fingerprint density at radius 1 is 1.26 bits per heavy atom. The van der Waals surface area contributed by atoms with Crippen molar-refractivity contribution in [2.45, 2.75) is 50.2 Å². The summed E-state index contributed by atoms with van der Waals surface area (Å²) in [7, 11) is 2.27. The quantitative estimate of drug-likeness (QED) is 0.897. The van der Waals surface area contributed by atoms with Gasteiger partial charge in [-0.1, -0.05) is 12.1 Å². The Morgan fingerprint density at radius 3 is 2.68 bits per heavy atom. The average molecular weight is 262 g/mol. The van der Waals surface area contributed by atoms with Gasteiger partial charge in [-0.2, -0.15) is 0 Å². The number of hydrogen-bond donors (Lipinski definition) is 1. The Hall–Kier alpha value is -0.930. The molecule has 3 heteroatoms.